The van der Waals surface area contributed by atoms with Gasteiger partial charge in [0.05, 0.1) is 0 Å². The Morgan fingerprint density at radius 1 is 1.12 bits per heavy atom. The molecule has 6 heteroatoms. The van der Waals surface area contributed by atoms with Crippen molar-refractivity contribution in [2.24, 2.45) is 5.73 Å². The topological polar surface area (TPSA) is 88.2 Å². The summed E-state index contributed by atoms with van der Waals surface area (Å²) in [4.78, 5) is 12.0. The summed E-state index contributed by atoms with van der Waals surface area (Å²) in [7, 11) is 0. The van der Waals surface area contributed by atoms with E-state index < -0.39 is 5.97 Å². The van der Waals surface area contributed by atoms with Crippen LogP contribution in [0.4, 0.5) is 0 Å². The van der Waals surface area contributed by atoms with E-state index in [0.717, 1.165) is 35.1 Å². The summed E-state index contributed by atoms with van der Waals surface area (Å²) in [6.45, 7) is 3.90. The van der Waals surface area contributed by atoms with E-state index in [0.29, 0.717) is 10.8 Å². The summed E-state index contributed by atoms with van der Waals surface area (Å²) in [5.74, 6) is -0.140. The molecule has 0 spiro atoms. The van der Waals surface area contributed by atoms with Gasteiger partial charge in [0.25, 0.3) is 0 Å². The molecule has 4 N–H and O–H groups in total. The lowest BCUT2D eigenvalue weighted by molar-refractivity contribution is -0.133. The maximum absolute atomic E-state index is 12.0. The van der Waals surface area contributed by atoms with Crippen molar-refractivity contribution >= 4 is 23.5 Å². The van der Waals surface area contributed by atoms with Crippen molar-refractivity contribution in [3.8, 4) is 16.9 Å². The molecule has 0 aromatic heterocycles. The van der Waals surface area contributed by atoms with Crippen molar-refractivity contribution in [3.05, 3.63) is 52.5 Å². The fourth-order valence-corrected chi connectivity index (χ4v) is 2.66. The lowest BCUT2D eigenvalue weighted by Gasteiger charge is -2.16. The predicted molar refractivity (Wildman–Crippen MR) is 101 cm³/mol. The first-order valence-electron chi connectivity index (χ1n) is 8.14. The molecule has 25 heavy (non-hydrogen) atoms. The van der Waals surface area contributed by atoms with Crippen LogP contribution in [0.2, 0.25) is 5.02 Å². The van der Waals surface area contributed by atoms with Crippen LogP contribution in [-0.2, 0) is 17.6 Å². The normalized spacial score (nSPS) is 10.4. The Bertz CT molecular complexity index is 748. The van der Waals surface area contributed by atoms with Gasteiger partial charge in [-0.05, 0) is 59.4 Å². The third-order valence-corrected chi connectivity index (χ3v) is 4.07. The summed E-state index contributed by atoms with van der Waals surface area (Å²) in [5.41, 5.74) is 9.24. The molecule has 0 saturated heterocycles. The molecule has 0 atom stereocenters. The molecule has 5 nitrogen and oxygen atoms in total. The number of guanidine groups is 1. The van der Waals surface area contributed by atoms with E-state index in [4.69, 9.17) is 27.5 Å². The Balaban J connectivity index is 2.35. The summed E-state index contributed by atoms with van der Waals surface area (Å²) in [6, 6.07) is 11.7. The lowest BCUT2D eigenvalue weighted by Crippen LogP contribution is -2.36. The van der Waals surface area contributed by atoms with E-state index in [9.17, 15) is 4.79 Å². The molecule has 2 rings (SSSR count). The SMILES string of the molecule is CCc1cc(-c2ccc(Cl)cc2)cc(CC)c1OC(=O)CNC(=N)N. The Labute approximate surface area is 152 Å². The summed E-state index contributed by atoms with van der Waals surface area (Å²) in [6.07, 6.45) is 1.47. The molecule has 0 aliphatic heterocycles. The Hall–Kier alpha value is -2.53. The second kappa shape index (κ2) is 8.53. The van der Waals surface area contributed by atoms with Gasteiger partial charge in [-0.3, -0.25) is 5.41 Å². The maximum atomic E-state index is 12.0. The highest BCUT2D eigenvalue weighted by Gasteiger charge is 2.15. The van der Waals surface area contributed by atoms with Crippen LogP contribution in [0, 0.1) is 5.41 Å². The van der Waals surface area contributed by atoms with Gasteiger partial charge in [-0.2, -0.15) is 0 Å². The zero-order valence-electron chi connectivity index (χ0n) is 14.4. The molecule has 0 bridgehead atoms. The standard InChI is InChI=1S/C19H22ClN3O2/c1-3-12-9-15(14-5-7-16(20)8-6-14)10-13(4-2)18(12)25-17(24)11-23-19(21)22/h5-10H,3-4,11H2,1-2H3,(H4,21,22,23). The third kappa shape index (κ3) is 4.97. The van der Waals surface area contributed by atoms with Crippen LogP contribution in [0.15, 0.2) is 36.4 Å². The Kier molecular flexibility index (Phi) is 6.42. The lowest BCUT2D eigenvalue weighted by atomic mass is 9.96. The van der Waals surface area contributed by atoms with Gasteiger partial charge in [-0.25, -0.2) is 4.79 Å². The van der Waals surface area contributed by atoms with Crippen molar-refractivity contribution in [3.63, 3.8) is 0 Å². The molecular formula is C19H22ClN3O2. The Morgan fingerprint density at radius 2 is 1.68 bits per heavy atom. The fourth-order valence-electron chi connectivity index (χ4n) is 2.54. The predicted octanol–water partition coefficient (Wildman–Crippen LogP) is 3.52. The molecule has 0 aliphatic carbocycles. The number of benzene rings is 2. The minimum atomic E-state index is -0.473. The molecule has 0 radical (unpaired) electrons. The van der Waals surface area contributed by atoms with Gasteiger partial charge in [0, 0.05) is 5.02 Å². The number of rotatable bonds is 6. The monoisotopic (exact) mass is 359 g/mol. The molecule has 2 aromatic carbocycles. The van der Waals surface area contributed by atoms with Gasteiger partial charge in [-0.1, -0.05) is 37.6 Å². The largest absolute Gasteiger partial charge is 0.425 e. The highest BCUT2D eigenvalue weighted by atomic mass is 35.5. The second-order valence-corrected chi connectivity index (χ2v) is 6.02. The van der Waals surface area contributed by atoms with Gasteiger partial charge in [0.1, 0.15) is 12.3 Å². The van der Waals surface area contributed by atoms with E-state index in [-0.39, 0.29) is 12.5 Å². The molecule has 132 valence electrons. The van der Waals surface area contributed by atoms with Crippen LogP contribution in [0.25, 0.3) is 11.1 Å². The minimum absolute atomic E-state index is 0.138. The zero-order valence-corrected chi connectivity index (χ0v) is 15.1. The van der Waals surface area contributed by atoms with Crippen molar-refractivity contribution in [2.45, 2.75) is 26.7 Å². The first kappa shape index (κ1) is 18.8. The van der Waals surface area contributed by atoms with E-state index in [1.165, 1.54) is 0 Å². The average Bonchev–Trinajstić information content (AvgIpc) is 2.60. The van der Waals surface area contributed by atoms with Crippen LogP contribution in [-0.4, -0.2) is 18.5 Å². The van der Waals surface area contributed by atoms with Gasteiger partial charge in [0.2, 0.25) is 0 Å². The molecule has 0 saturated carbocycles. The van der Waals surface area contributed by atoms with Crippen LogP contribution in [0.3, 0.4) is 0 Å². The molecule has 2 aromatic rings. The molecular weight excluding hydrogens is 338 g/mol. The molecule has 0 unspecified atom stereocenters. The molecule has 0 fully saturated rings. The van der Waals surface area contributed by atoms with Crippen molar-refractivity contribution in [2.75, 3.05) is 6.54 Å². The smallest absolute Gasteiger partial charge is 0.330 e. The second-order valence-electron chi connectivity index (χ2n) is 5.58. The van der Waals surface area contributed by atoms with Crippen molar-refractivity contribution in [1.29, 1.82) is 5.41 Å². The minimum Gasteiger partial charge on any atom is -0.425 e. The number of carbonyl (C=O) groups is 1. The van der Waals surface area contributed by atoms with Gasteiger partial charge in [0.15, 0.2) is 5.96 Å². The number of hydrogen-bond acceptors (Lipinski definition) is 3. The highest BCUT2D eigenvalue weighted by Crippen LogP contribution is 2.32. The van der Waals surface area contributed by atoms with Gasteiger partial charge >= 0.3 is 5.97 Å². The average molecular weight is 360 g/mol. The fraction of sp³-hybridized carbons (Fsp3) is 0.263. The number of esters is 1. The van der Waals surface area contributed by atoms with Crippen LogP contribution >= 0.6 is 11.6 Å². The van der Waals surface area contributed by atoms with E-state index in [1.807, 2.05) is 50.2 Å². The number of aryl methyl sites for hydroxylation is 2. The number of nitrogens with two attached hydrogens (primary N) is 1. The van der Waals surface area contributed by atoms with Crippen molar-refractivity contribution < 1.29 is 9.53 Å². The van der Waals surface area contributed by atoms with Gasteiger partial charge in [-0.15, -0.1) is 0 Å². The zero-order chi connectivity index (χ0) is 18.4. The van der Waals surface area contributed by atoms with Crippen LogP contribution < -0.4 is 15.8 Å². The quantitative estimate of drug-likeness (QED) is 0.318. The molecule has 0 heterocycles. The number of nitrogens with one attached hydrogen (secondary N) is 2. The number of halogens is 1. The van der Waals surface area contributed by atoms with E-state index in [1.54, 1.807) is 0 Å². The first-order chi connectivity index (χ1) is 11.9. The molecule has 0 amide bonds. The highest BCUT2D eigenvalue weighted by molar-refractivity contribution is 6.30. The first-order valence-corrected chi connectivity index (χ1v) is 8.52. The van der Waals surface area contributed by atoms with Gasteiger partial charge < -0.3 is 15.8 Å². The Morgan fingerprint density at radius 3 is 2.16 bits per heavy atom. The summed E-state index contributed by atoms with van der Waals surface area (Å²) < 4.78 is 5.54. The van der Waals surface area contributed by atoms with E-state index in [2.05, 4.69) is 5.32 Å². The van der Waals surface area contributed by atoms with Crippen LogP contribution in [0.1, 0.15) is 25.0 Å². The molecule has 0 aliphatic rings. The van der Waals surface area contributed by atoms with Crippen molar-refractivity contribution in [1.82, 2.24) is 5.32 Å². The van der Waals surface area contributed by atoms with E-state index >= 15 is 0 Å². The number of carbonyl (C=O) groups excluding carboxylic acids is 1. The number of hydrogen-bond donors (Lipinski definition) is 3. The third-order valence-electron chi connectivity index (χ3n) is 3.82. The van der Waals surface area contributed by atoms with Crippen LogP contribution in [0.5, 0.6) is 5.75 Å². The maximum Gasteiger partial charge on any atom is 0.330 e. The summed E-state index contributed by atoms with van der Waals surface area (Å²) >= 11 is 5.96. The summed E-state index contributed by atoms with van der Waals surface area (Å²) in [5, 5.41) is 10.3. The number of ether oxygens (including phenoxy) is 1.